The molecule has 0 bridgehead atoms. The lowest BCUT2D eigenvalue weighted by molar-refractivity contribution is -0.196. The van der Waals surface area contributed by atoms with Gasteiger partial charge in [0.1, 0.15) is 47.9 Å². The van der Waals surface area contributed by atoms with Crippen molar-refractivity contribution in [2.45, 2.75) is 103 Å². The summed E-state index contributed by atoms with van der Waals surface area (Å²) in [5, 5.41) is 14.4. The van der Waals surface area contributed by atoms with Gasteiger partial charge < -0.3 is 38.6 Å². The lowest BCUT2D eigenvalue weighted by Crippen LogP contribution is -2.60. The average Bonchev–Trinajstić information content (AvgIpc) is 3.67. The minimum atomic E-state index is -4.50. The van der Waals surface area contributed by atoms with Crippen LogP contribution in [0.15, 0.2) is 91.0 Å². The fourth-order valence-electron chi connectivity index (χ4n) is 8.29. The predicted octanol–water partition coefficient (Wildman–Crippen LogP) is 9.90. The summed E-state index contributed by atoms with van der Waals surface area (Å²) >= 11 is 0. The van der Waals surface area contributed by atoms with E-state index in [0.29, 0.717) is 48.4 Å². The molecule has 404 valence electrons. The lowest BCUT2D eigenvalue weighted by atomic mass is 10.1. The number of amides is 2. The van der Waals surface area contributed by atoms with Gasteiger partial charge in [0.25, 0.3) is 0 Å². The van der Waals surface area contributed by atoms with E-state index in [2.05, 4.69) is 0 Å². The van der Waals surface area contributed by atoms with E-state index >= 15 is 0 Å². The van der Waals surface area contributed by atoms with Crippen LogP contribution < -0.4 is 14.2 Å². The zero-order valence-corrected chi connectivity index (χ0v) is 42.9. The molecule has 0 spiro atoms. The molecule has 74 heavy (non-hydrogen) atoms. The first-order valence-electron chi connectivity index (χ1n) is 24.5. The maximum Gasteiger partial charge on any atom is 0.410 e. The Hall–Kier alpha value is -6.32. The van der Waals surface area contributed by atoms with Crippen molar-refractivity contribution in [2.24, 2.45) is 7.05 Å². The SMILES string of the molecule is CC(C)(C)OC(=O)N1CCN(CCCO)C(C(F)(F)F)C1.Cn1nc(-c2ccc(OCc3ccccc3)nc2OCc2ccccc2)c2ccc(OCCCN3CCN(C(=O)OC(C)(C)C)CC3C(F)(F)F)cc21. The fourth-order valence-corrected chi connectivity index (χ4v) is 8.29. The summed E-state index contributed by atoms with van der Waals surface area (Å²) in [5.74, 6) is 1.37. The summed E-state index contributed by atoms with van der Waals surface area (Å²) in [6, 6.07) is 25.4. The Labute approximate surface area is 427 Å². The lowest BCUT2D eigenvalue weighted by Gasteiger charge is -2.42. The molecule has 2 fully saturated rings. The summed E-state index contributed by atoms with van der Waals surface area (Å²) < 4.78 is 112. The van der Waals surface area contributed by atoms with E-state index in [1.54, 1.807) is 52.3 Å². The summed E-state index contributed by atoms with van der Waals surface area (Å²) in [5.41, 5.74) is 2.63. The van der Waals surface area contributed by atoms with Crippen LogP contribution in [0.1, 0.15) is 65.5 Å². The monoisotopic (exact) mass is 1040 g/mol. The van der Waals surface area contributed by atoms with Crippen molar-refractivity contribution < 1.29 is 64.7 Å². The molecule has 15 nitrogen and oxygen atoms in total. The molecule has 3 aromatic carbocycles. The van der Waals surface area contributed by atoms with Gasteiger partial charge >= 0.3 is 24.5 Å². The van der Waals surface area contributed by atoms with Crippen molar-refractivity contribution in [1.29, 1.82) is 0 Å². The van der Waals surface area contributed by atoms with Crippen LogP contribution in [-0.2, 0) is 29.7 Å². The first-order chi connectivity index (χ1) is 34.9. The van der Waals surface area contributed by atoms with E-state index in [4.69, 9.17) is 38.9 Å². The minimum absolute atomic E-state index is 0.0826. The second-order valence-corrected chi connectivity index (χ2v) is 20.0. The first kappa shape index (κ1) is 57.0. The molecule has 2 atom stereocenters. The molecular weight excluding hydrogens is 977 g/mol. The number of aliphatic hydroxyl groups is 1. The highest BCUT2D eigenvalue weighted by atomic mass is 19.4. The van der Waals surface area contributed by atoms with Crippen LogP contribution in [0.2, 0.25) is 0 Å². The normalized spacial score (nSPS) is 17.1. The zero-order valence-electron chi connectivity index (χ0n) is 42.9. The summed E-state index contributed by atoms with van der Waals surface area (Å²) in [6.45, 7) is 10.7. The van der Waals surface area contributed by atoms with Gasteiger partial charge in [-0.15, -0.1) is 0 Å². The molecule has 2 aliphatic rings. The van der Waals surface area contributed by atoms with Crippen LogP contribution in [0.25, 0.3) is 22.2 Å². The number of hydrogen-bond donors (Lipinski definition) is 1. The molecule has 2 amide bonds. The number of alkyl halides is 6. The molecule has 0 saturated carbocycles. The Morgan fingerprint density at radius 3 is 1.66 bits per heavy atom. The van der Waals surface area contributed by atoms with E-state index in [1.165, 1.54) is 9.80 Å². The van der Waals surface area contributed by atoms with Crippen LogP contribution in [0.3, 0.4) is 0 Å². The number of aliphatic hydroxyl groups excluding tert-OH is 1. The number of nitrogens with zero attached hydrogens (tertiary/aromatic N) is 7. The number of aryl methyl sites for hydroxylation is 1. The molecule has 21 heteroatoms. The van der Waals surface area contributed by atoms with Crippen molar-refractivity contribution >= 4 is 23.1 Å². The number of piperazine rings is 2. The van der Waals surface area contributed by atoms with E-state index in [0.717, 1.165) is 31.8 Å². The van der Waals surface area contributed by atoms with Crippen molar-refractivity contribution in [3.63, 3.8) is 0 Å². The molecule has 2 saturated heterocycles. The number of hydrogen-bond acceptors (Lipinski definition) is 12. The van der Waals surface area contributed by atoms with Gasteiger partial charge in [0, 0.05) is 83.5 Å². The summed E-state index contributed by atoms with van der Waals surface area (Å²) in [7, 11) is 1.83. The Morgan fingerprint density at radius 2 is 1.16 bits per heavy atom. The fraction of sp³-hybridized carbons (Fsp3) is 0.509. The second kappa shape index (κ2) is 24.8. The Bertz CT molecular complexity index is 2590. The molecule has 4 heterocycles. The summed E-state index contributed by atoms with van der Waals surface area (Å²) in [4.78, 5) is 33.9. The largest absolute Gasteiger partial charge is 0.493 e. The van der Waals surface area contributed by atoms with Crippen LogP contribution in [0.5, 0.6) is 17.5 Å². The number of fused-ring (bicyclic) bond motifs is 1. The number of benzene rings is 3. The van der Waals surface area contributed by atoms with E-state index in [1.807, 2.05) is 92.0 Å². The van der Waals surface area contributed by atoms with Crippen LogP contribution >= 0.6 is 0 Å². The number of ether oxygens (including phenoxy) is 5. The highest BCUT2D eigenvalue weighted by Crippen LogP contribution is 2.37. The number of carbonyl (C=O) groups excluding carboxylic acids is 2. The maximum atomic E-state index is 14.0. The topological polar surface area (TPSA) is 144 Å². The molecule has 1 N–H and O–H groups in total. The zero-order chi connectivity index (χ0) is 53.8. The number of halogens is 6. The average molecular weight is 1040 g/mol. The third-order valence-corrected chi connectivity index (χ3v) is 11.9. The van der Waals surface area contributed by atoms with Gasteiger partial charge in [-0.05, 0) is 83.7 Å². The highest BCUT2D eigenvalue weighted by molar-refractivity contribution is 5.95. The number of carbonyl (C=O) groups is 2. The third-order valence-electron chi connectivity index (χ3n) is 11.9. The van der Waals surface area contributed by atoms with Crippen molar-refractivity contribution in [3.8, 4) is 28.8 Å². The third kappa shape index (κ3) is 16.6. The Kier molecular flexibility index (Phi) is 19.1. The predicted molar refractivity (Wildman–Crippen MR) is 266 cm³/mol. The van der Waals surface area contributed by atoms with Gasteiger partial charge in [0.15, 0.2) is 0 Å². The smallest absolute Gasteiger partial charge is 0.410 e. The highest BCUT2D eigenvalue weighted by Gasteiger charge is 2.49. The molecular formula is C53H67F6N7O8. The van der Waals surface area contributed by atoms with Gasteiger partial charge in [-0.1, -0.05) is 60.7 Å². The van der Waals surface area contributed by atoms with Gasteiger partial charge in [-0.2, -0.15) is 36.4 Å². The molecule has 0 aliphatic carbocycles. The molecule has 2 aliphatic heterocycles. The van der Waals surface area contributed by atoms with E-state index < -0.39 is 60.9 Å². The molecule has 2 unspecified atom stereocenters. The molecule has 0 radical (unpaired) electrons. The minimum Gasteiger partial charge on any atom is -0.493 e. The Morgan fingerprint density at radius 1 is 0.649 bits per heavy atom. The van der Waals surface area contributed by atoms with Crippen LogP contribution in [0, 0.1) is 0 Å². The molecule has 7 rings (SSSR count). The molecule has 2 aromatic heterocycles. The van der Waals surface area contributed by atoms with Gasteiger partial charge in [-0.25, -0.2) is 9.59 Å². The number of aromatic nitrogens is 3. The second-order valence-electron chi connectivity index (χ2n) is 20.0. The standard InChI is InChI=1S/C40H44F3N5O5.C13H23F3N2O3/c1-39(2,3)53-38(49)48-22-21-47(34(25-48)40(41,42)43)20-11-23-50-30-16-17-31-33(24-30)46(4)45-36(31)32-18-19-35(51-26-28-12-7-5-8-13-28)44-37(32)52-27-29-14-9-6-10-15-29;1-12(2,3)21-11(20)18-7-6-17(5-4-8-19)10(9-18)13(14,15)16/h5-10,12-19,24,34H,11,20-23,25-27H2,1-4H3;10,19H,4-9H2,1-3H3. The number of rotatable bonds is 15. The van der Waals surface area contributed by atoms with Crippen molar-refractivity contribution in [2.75, 3.05) is 65.6 Å². The van der Waals surface area contributed by atoms with Crippen LogP contribution in [0.4, 0.5) is 35.9 Å². The first-order valence-corrected chi connectivity index (χ1v) is 24.5. The Balaban J connectivity index is 0.000000356. The quantitative estimate of drug-likeness (QED) is 0.0788. The van der Waals surface area contributed by atoms with Gasteiger partial charge in [0.2, 0.25) is 11.8 Å². The van der Waals surface area contributed by atoms with Crippen molar-refractivity contribution in [3.05, 3.63) is 102 Å². The van der Waals surface area contributed by atoms with Gasteiger partial charge in [-0.3, -0.25) is 14.5 Å². The van der Waals surface area contributed by atoms with E-state index in [9.17, 15) is 35.9 Å². The number of pyridine rings is 1. The van der Waals surface area contributed by atoms with Gasteiger partial charge in [0.05, 0.1) is 17.7 Å². The van der Waals surface area contributed by atoms with Crippen LogP contribution in [-0.4, -0.2) is 153 Å². The molecule has 5 aromatic rings. The van der Waals surface area contributed by atoms with E-state index in [-0.39, 0.29) is 58.9 Å². The maximum absolute atomic E-state index is 14.0. The van der Waals surface area contributed by atoms with Crippen molar-refractivity contribution in [1.82, 2.24) is 34.4 Å². The summed E-state index contributed by atoms with van der Waals surface area (Å²) in [6.07, 6.45) is -9.74.